The van der Waals surface area contributed by atoms with Crippen molar-refractivity contribution in [2.75, 3.05) is 6.61 Å². The first-order valence-corrected chi connectivity index (χ1v) is 6.11. The average molecular weight is 259 g/mol. The maximum Gasteiger partial charge on any atom is 0.255 e. The lowest BCUT2D eigenvalue weighted by Gasteiger charge is -2.20. The molecule has 0 fully saturated rings. The summed E-state index contributed by atoms with van der Waals surface area (Å²) in [5.74, 6) is 0.694. The van der Waals surface area contributed by atoms with E-state index in [4.69, 9.17) is 16.3 Å². The van der Waals surface area contributed by atoms with Crippen LogP contribution < -0.4 is 5.56 Å². The van der Waals surface area contributed by atoms with Crippen LogP contribution in [-0.4, -0.2) is 21.8 Å². The van der Waals surface area contributed by atoms with E-state index in [1.54, 1.807) is 4.57 Å². The smallest absolute Gasteiger partial charge is 0.255 e. The molecular formula is C12H19ClN2O2. The summed E-state index contributed by atoms with van der Waals surface area (Å²) in [7, 11) is 0. The fraction of sp³-hybridized carbons (Fsp3) is 0.667. The topological polar surface area (TPSA) is 44.1 Å². The minimum absolute atomic E-state index is 0.126. The Bertz CT molecular complexity index is 435. The molecule has 0 radical (unpaired) electrons. The number of aryl methyl sites for hydroxylation is 1. The number of rotatable bonds is 4. The largest absolute Gasteiger partial charge is 0.374 e. The molecule has 0 aliphatic rings. The fourth-order valence-electron chi connectivity index (χ4n) is 1.48. The molecule has 0 aromatic carbocycles. The Morgan fingerprint density at radius 2 is 2.12 bits per heavy atom. The zero-order valence-electron chi connectivity index (χ0n) is 10.8. The highest BCUT2D eigenvalue weighted by molar-refractivity contribution is 6.29. The molecule has 1 aromatic rings. The third-order valence-corrected chi connectivity index (χ3v) is 2.42. The molecule has 96 valence electrons. The Kier molecular flexibility index (Phi) is 4.71. The van der Waals surface area contributed by atoms with Crippen LogP contribution >= 0.6 is 11.6 Å². The van der Waals surface area contributed by atoms with Gasteiger partial charge in [-0.1, -0.05) is 18.5 Å². The molecule has 1 heterocycles. The lowest BCUT2D eigenvalue weighted by atomic mass is 10.2. The highest BCUT2D eigenvalue weighted by atomic mass is 35.5. The summed E-state index contributed by atoms with van der Waals surface area (Å²) in [5, 5.41) is 0.250. The minimum atomic E-state index is -0.199. The Morgan fingerprint density at radius 3 is 2.65 bits per heavy atom. The van der Waals surface area contributed by atoms with Gasteiger partial charge >= 0.3 is 0 Å². The van der Waals surface area contributed by atoms with Gasteiger partial charge < -0.3 is 4.74 Å². The average Bonchev–Trinajstić information content (AvgIpc) is 2.18. The zero-order chi connectivity index (χ0) is 13.1. The van der Waals surface area contributed by atoms with Gasteiger partial charge in [0.25, 0.3) is 5.56 Å². The molecule has 4 nitrogen and oxygen atoms in total. The standard InChI is InChI=1S/C12H19ClN2O2/c1-5-10-14-9(13)8-11(16)15(10)6-7-17-12(2,3)4/h8H,5-7H2,1-4H3. The van der Waals surface area contributed by atoms with Crippen molar-refractivity contribution < 1.29 is 4.74 Å². The summed E-state index contributed by atoms with van der Waals surface area (Å²) in [6.07, 6.45) is 0.672. The van der Waals surface area contributed by atoms with Crippen molar-refractivity contribution in [3.63, 3.8) is 0 Å². The monoisotopic (exact) mass is 258 g/mol. The molecule has 0 aliphatic carbocycles. The van der Waals surface area contributed by atoms with Crippen molar-refractivity contribution >= 4 is 11.6 Å². The van der Waals surface area contributed by atoms with Crippen LogP contribution in [0.5, 0.6) is 0 Å². The van der Waals surface area contributed by atoms with Crippen LogP contribution in [0.25, 0.3) is 0 Å². The van der Waals surface area contributed by atoms with Crippen LogP contribution in [0.15, 0.2) is 10.9 Å². The molecule has 17 heavy (non-hydrogen) atoms. The van der Waals surface area contributed by atoms with Gasteiger partial charge in [0, 0.05) is 12.5 Å². The van der Waals surface area contributed by atoms with Gasteiger partial charge in [0.2, 0.25) is 0 Å². The van der Waals surface area contributed by atoms with Crippen molar-refractivity contribution in [2.45, 2.75) is 46.3 Å². The number of aromatic nitrogens is 2. The first kappa shape index (κ1) is 14.2. The highest BCUT2D eigenvalue weighted by Gasteiger charge is 2.11. The van der Waals surface area contributed by atoms with Crippen molar-refractivity contribution in [3.05, 3.63) is 27.4 Å². The molecule has 0 spiro atoms. The normalized spacial score (nSPS) is 11.8. The van der Waals surface area contributed by atoms with Gasteiger partial charge in [0.05, 0.1) is 18.8 Å². The number of hydrogen-bond donors (Lipinski definition) is 0. The van der Waals surface area contributed by atoms with Crippen LogP contribution in [-0.2, 0) is 17.7 Å². The number of ether oxygens (including phenoxy) is 1. The second-order valence-corrected chi connectivity index (χ2v) is 5.19. The van der Waals surface area contributed by atoms with Crippen molar-refractivity contribution in [1.29, 1.82) is 0 Å². The molecule has 0 unspecified atom stereocenters. The number of nitrogens with zero attached hydrogens (tertiary/aromatic N) is 2. The van der Waals surface area contributed by atoms with Crippen LogP contribution in [0.1, 0.15) is 33.5 Å². The van der Waals surface area contributed by atoms with E-state index in [9.17, 15) is 4.79 Å². The zero-order valence-corrected chi connectivity index (χ0v) is 11.5. The summed E-state index contributed by atoms with van der Waals surface area (Å²) >= 11 is 5.75. The van der Waals surface area contributed by atoms with Gasteiger partial charge in [-0.25, -0.2) is 4.98 Å². The maximum absolute atomic E-state index is 11.8. The van der Waals surface area contributed by atoms with Crippen LogP contribution in [0, 0.1) is 0 Å². The van der Waals surface area contributed by atoms with Gasteiger partial charge in [0.1, 0.15) is 11.0 Å². The molecule has 0 saturated heterocycles. The van der Waals surface area contributed by atoms with E-state index in [1.807, 2.05) is 27.7 Å². The summed E-state index contributed by atoms with van der Waals surface area (Å²) in [6.45, 7) is 8.88. The number of hydrogen-bond acceptors (Lipinski definition) is 3. The summed E-state index contributed by atoms with van der Waals surface area (Å²) in [5.41, 5.74) is -0.324. The van der Waals surface area contributed by atoms with Gasteiger partial charge in [0.15, 0.2) is 0 Å². The molecule has 0 amide bonds. The van der Waals surface area contributed by atoms with E-state index >= 15 is 0 Å². The molecule has 0 N–H and O–H groups in total. The van der Waals surface area contributed by atoms with E-state index in [1.165, 1.54) is 6.07 Å². The third kappa shape index (κ3) is 4.48. The molecule has 1 rings (SSSR count). The van der Waals surface area contributed by atoms with Crippen molar-refractivity contribution in [1.82, 2.24) is 9.55 Å². The highest BCUT2D eigenvalue weighted by Crippen LogP contribution is 2.07. The quantitative estimate of drug-likeness (QED) is 0.779. The SMILES string of the molecule is CCc1nc(Cl)cc(=O)n1CCOC(C)(C)C. The second-order valence-electron chi connectivity index (χ2n) is 4.80. The van der Waals surface area contributed by atoms with Crippen LogP contribution in [0.3, 0.4) is 0 Å². The van der Waals surface area contributed by atoms with E-state index in [0.29, 0.717) is 25.4 Å². The predicted molar refractivity (Wildman–Crippen MR) is 68.6 cm³/mol. The van der Waals surface area contributed by atoms with Crippen LogP contribution in [0.4, 0.5) is 0 Å². The predicted octanol–water partition coefficient (Wildman–Crippen LogP) is 2.27. The second kappa shape index (κ2) is 5.65. The minimum Gasteiger partial charge on any atom is -0.374 e. The van der Waals surface area contributed by atoms with Gasteiger partial charge in [-0.05, 0) is 20.8 Å². The molecule has 5 heteroatoms. The molecule has 0 aliphatic heterocycles. The van der Waals surface area contributed by atoms with E-state index < -0.39 is 0 Å². The van der Waals surface area contributed by atoms with Crippen molar-refractivity contribution in [2.24, 2.45) is 0 Å². The van der Waals surface area contributed by atoms with Crippen LogP contribution in [0.2, 0.25) is 5.15 Å². The fourth-order valence-corrected chi connectivity index (χ4v) is 1.67. The molecule has 0 bridgehead atoms. The van der Waals surface area contributed by atoms with Gasteiger partial charge in [-0.3, -0.25) is 9.36 Å². The first-order valence-electron chi connectivity index (χ1n) is 5.73. The molecule has 0 saturated carbocycles. The Morgan fingerprint density at radius 1 is 1.47 bits per heavy atom. The van der Waals surface area contributed by atoms with E-state index in [0.717, 1.165) is 0 Å². The summed E-state index contributed by atoms with van der Waals surface area (Å²) in [6, 6.07) is 1.33. The van der Waals surface area contributed by atoms with Crippen molar-refractivity contribution in [3.8, 4) is 0 Å². The van der Waals surface area contributed by atoms with E-state index in [-0.39, 0.29) is 16.3 Å². The Balaban J connectivity index is 2.80. The lowest BCUT2D eigenvalue weighted by Crippen LogP contribution is -2.29. The molecule has 0 atom stereocenters. The first-order chi connectivity index (χ1) is 7.83. The summed E-state index contributed by atoms with van der Waals surface area (Å²) < 4.78 is 7.21. The third-order valence-electron chi connectivity index (χ3n) is 2.22. The Hall–Kier alpha value is -0.870. The molecular weight excluding hydrogens is 240 g/mol. The summed E-state index contributed by atoms with van der Waals surface area (Å²) in [4.78, 5) is 15.9. The maximum atomic E-state index is 11.8. The van der Waals surface area contributed by atoms with E-state index in [2.05, 4.69) is 4.98 Å². The number of halogens is 1. The van der Waals surface area contributed by atoms with Gasteiger partial charge in [-0.2, -0.15) is 0 Å². The lowest BCUT2D eigenvalue weighted by molar-refractivity contribution is -0.00747. The Labute approximate surface area is 107 Å². The molecule has 1 aromatic heterocycles. The van der Waals surface area contributed by atoms with Gasteiger partial charge in [-0.15, -0.1) is 0 Å².